The van der Waals surface area contributed by atoms with Crippen molar-refractivity contribution < 1.29 is 14.4 Å². The van der Waals surface area contributed by atoms with Crippen molar-refractivity contribution in [3.8, 4) is 0 Å². The van der Waals surface area contributed by atoms with E-state index in [0.717, 1.165) is 24.2 Å². The van der Waals surface area contributed by atoms with Crippen LogP contribution in [0, 0.1) is 0 Å². The van der Waals surface area contributed by atoms with Crippen molar-refractivity contribution in [1.82, 2.24) is 10.2 Å². The van der Waals surface area contributed by atoms with Gasteiger partial charge in [0.25, 0.3) is 5.91 Å². The van der Waals surface area contributed by atoms with E-state index in [-0.39, 0.29) is 12.5 Å². The first-order valence-electron chi connectivity index (χ1n) is 5.17. The van der Waals surface area contributed by atoms with Gasteiger partial charge in [0.2, 0.25) is 6.29 Å². The van der Waals surface area contributed by atoms with Crippen LogP contribution in [0.4, 0.5) is 4.79 Å². The number of carbonyl (C=O) groups excluding carboxylic acids is 3. The van der Waals surface area contributed by atoms with E-state index in [1.54, 1.807) is 6.29 Å². The summed E-state index contributed by atoms with van der Waals surface area (Å²) in [6.45, 7) is 1.80. The maximum Gasteiger partial charge on any atom is 0.325 e. The van der Waals surface area contributed by atoms with Crippen LogP contribution in [0.2, 0.25) is 0 Å². The van der Waals surface area contributed by atoms with E-state index >= 15 is 0 Å². The third-order valence-corrected chi connectivity index (χ3v) is 2.43. The van der Waals surface area contributed by atoms with Crippen molar-refractivity contribution in [2.24, 2.45) is 0 Å². The van der Waals surface area contributed by atoms with Crippen molar-refractivity contribution in [2.75, 3.05) is 6.54 Å². The lowest BCUT2D eigenvalue weighted by Gasteiger charge is -2.08. The van der Waals surface area contributed by atoms with Gasteiger partial charge in [-0.2, -0.15) is 0 Å². The van der Waals surface area contributed by atoms with Crippen molar-refractivity contribution in [3.05, 3.63) is 0 Å². The minimum Gasteiger partial charge on any atom is -0.326 e. The molecule has 0 aromatic carbocycles. The number of urea groups is 1. The highest BCUT2D eigenvalue weighted by Crippen LogP contribution is 2.12. The zero-order valence-corrected chi connectivity index (χ0v) is 8.78. The molecule has 1 N–H and O–H groups in total. The summed E-state index contributed by atoms with van der Waals surface area (Å²) in [4.78, 5) is 33.8. The first kappa shape index (κ1) is 11.7. The fraction of sp³-hybridized carbons (Fsp3) is 0.700. The second-order valence-corrected chi connectivity index (χ2v) is 3.57. The van der Waals surface area contributed by atoms with Gasteiger partial charge in [0.1, 0.15) is 6.04 Å². The molecule has 1 saturated heterocycles. The molecule has 1 atom stereocenters. The van der Waals surface area contributed by atoms with E-state index in [1.807, 2.05) is 0 Å². The van der Waals surface area contributed by atoms with Crippen molar-refractivity contribution in [1.29, 1.82) is 0 Å². The summed E-state index contributed by atoms with van der Waals surface area (Å²) in [5.74, 6) is -0.306. The van der Waals surface area contributed by atoms with Crippen LogP contribution in [0.3, 0.4) is 0 Å². The molecule has 3 amide bonds. The zero-order valence-electron chi connectivity index (χ0n) is 8.78. The molecule has 5 nitrogen and oxygen atoms in total. The topological polar surface area (TPSA) is 66.5 Å². The normalized spacial score (nSPS) is 20.6. The summed E-state index contributed by atoms with van der Waals surface area (Å²) in [5.41, 5.74) is 0. The van der Waals surface area contributed by atoms with Gasteiger partial charge < -0.3 is 5.32 Å². The number of hydrogen-bond donors (Lipinski definition) is 1. The highest BCUT2D eigenvalue weighted by Gasteiger charge is 2.36. The number of nitrogens with one attached hydrogen (secondary N) is 1. The molecule has 1 radical (unpaired) electrons. The monoisotopic (exact) mass is 211 g/mol. The van der Waals surface area contributed by atoms with Crippen LogP contribution in [0.25, 0.3) is 0 Å². The van der Waals surface area contributed by atoms with Gasteiger partial charge >= 0.3 is 6.03 Å². The quantitative estimate of drug-likeness (QED) is 0.516. The third-order valence-electron chi connectivity index (χ3n) is 2.43. The van der Waals surface area contributed by atoms with Crippen molar-refractivity contribution in [2.45, 2.75) is 38.6 Å². The Hall–Kier alpha value is -1.39. The van der Waals surface area contributed by atoms with Gasteiger partial charge in [-0.05, 0) is 6.42 Å². The summed E-state index contributed by atoms with van der Waals surface area (Å²) in [5, 5.41) is 2.56. The number of rotatable bonds is 6. The maximum atomic E-state index is 11.6. The third kappa shape index (κ3) is 2.78. The van der Waals surface area contributed by atoms with Crippen molar-refractivity contribution >= 4 is 18.2 Å². The van der Waals surface area contributed by atoms with Crippen LogP contribution in [0.1, 0.15) is 32.6 Å². The molecule has 0 bridgehead atoms. The highest BCUT2D eigenvalue weighted by molar-refractivity contribution is 6.05. The Kier molecular flexibility index (Phi) is 4.27. The zero-order chi connectivity index (χ0) is 11.3. The predicted octanol–water partition coefficient (Wildman–Crippen LogP) is 0.597. The van der Waals surface area contributed by atoms with Crippen LogP contribution in [-0.4, -0.2) is 35.7 Å². The lowest BCUT2D eigenvalue weighted by Crippen LogP contribution is -2.33. The molecule has 1 aliphatic heterocycles. The second kappa shape index (κ2) is 5.48. The van der Waals surface area contributed by atoms with Crippen LogP contribution in [0.15, 0.2) is 0 Å². The van der Waals surface area contributed by atoms with Gasteiger partial charge in [0.15, 0.2) is 0 Å². The maximum absolute atomic E-state index is 11.6. The van der Waals surface area contributed by atoms with Crippen LogP contribution in [0.5, 0.6) is 0 Å². The standard InChI is InChI=1S/C10H15N2O3/c1-2-3-4-5-8-9(14)12(6-7-13)10(15)11-8/h8H,2-6H2,1H3,(H,11,15). The molecule has 1 fully saturated rings. The fourth-order valence-corrected chi connectivity index (χ4v) is 1.59. The lowest BCUT2D eigenvalue weighted by atomic mass is 10.1. The molecule has 1 heterocycles. The van der Waals surface area contributed by atoms with Crippen molar-refractivity contribution in [3.63, 3.8) is 0 Å². The minimum absolute atomic E-state index is 0.269. The predicted molar refractivity (Wildman–Crippen MR) is 53.9 cm³/mol. The number of amides is 3. The molecule has 15 heavy (non-hydrogen) atoms. The Morgan fingerprint density at radius 1 is 1.40 bits per heavy atom. The van der Waals surface area contributed by atoms with Gasteiger partial charge in [0, 0.05) is 0 Å². The molecular formula is C10H15N2O3. The molecule has 5 heteroatoms. The van der Waals surface area contributed by atoms with Gasteiger partial charge in [-0.15, -0.1) is 0 Å². The van der Waals surface area contributed by atoms with Gasteiger partial charge in [-0.1, -0.05) is 26.2 Å². The number of carbonyl (C=O) groups is 2. The average Bonchev–Trinajstić information content (AvgIpc) is 2.47. The Labute approximate surface area is 88.8 Å². The van der Waals surface area contributed by atoms with Gasteiger partial charge in [0.05, 0.1) is 6.54 Å². The second-order valence-electron chi connectivity index (χ2n) is 3.57. The van der Waals surface area contributed by atoms with Gasteiger partial charge in [-0.25, -0.2) is 4.79 Å². The Morgan fingerprint density at radius 2 is 2.13 bits per heavy atom. The summed E-state index contributed by atoms with van der Waals surface area (Å²) in [6.07, 6.45) is 5.22. The summed E-state index contributed by atoms with van der Waals surface area (Å²) < 4.78 is 0. The Balaban J connectivity index is 2.45. The molecule has 0 aromatic heterocycles. The summed E-state index contributed by atoms with van der Waals surface area (Å²) in [7, 11) is 0. The fourth-order valence-electron chi connectivity index (χ4n) is 1.59. The first-order chi connectivity index (χ1) is 7.20. The molecule has 0 saturated carbocycles. The molecular weight excluding hydrogens is 196 g/mol. The summed E-state index contributed by atoms with van der Waals surface area (Å²) >= 11 is 0. The SMILES string of the molecule is CCCCCC1NC(=O)N(C[C]=O)C1=O. The van der Waals surface area contributed by atoms with E-state index in [4.69, 9.17) is 0 Å². The minimum atomic E-state index is -0.482. The molecule has 1 aliphatic rings. The van der Waals surface area contributed by atoms with Crippen LogP contribution >= 0.6 is 0 Å². The van der Waals surface area contributed by atoms with E-state index in [1.165, 1.54) is 0 Å². The smallest absolute Gasteiger partial charge is 0.325 e. The molecule has 0 aliphatic carbocycles. The van der Waals surface area contributed by atoms with Crippen LogP contribution < -0.4 is 5.32 Å². The number of hydrogen-bond acceptors (Lipinski definition) is 3. The largest absolute Gasteiger partial charge is 0.326 e. The molecule has 1 unspecified atom stereocenters. The molecule has 83 valence electrons. The number of imide groups is 1. The van der Waals surface area contributed by atoms with E-state index in [9.17, 15) is 14.4 Å². The molecule has 1 rings (SSSR count). The van der Waals surface area contributed by atoms with Crippen LogP contribution in [-0.2, 0) is 9.59 Å². The average molecular weight is 211 g/mol. The van der Waals surface area contributed by atoms with Gasteiger partial charge in [-0.3, -0.25) is 14.5 Å². The highest BCUT2D eigenvalue weighted by atomic mass is 16.2. The van der Waals surface area contributed by atoms with E-state index < -0.39 is 12.1 Å². The lowest BCUT2D eigenvalue weighted by molar-refractivity contribution is -0.127. The summed E-state index contributed by atoms with van der Waals surface area (Å²) in [6, 6.07) is -0.928. The number of unbranched alkanes of at least 4 members (excludes halogenated alkanes) is 2. The molecule has 0 spiro atoms. The van der Waals surface area contributed by atoms with E-state index in [2.05, 4.69) is 12.2 Å². The Bertz CT molecular complexity index is 265. The number of nitrogens with zero attached hydrogens (tertiary/aromatic N) is 1. The Morgan fingerprint density at radius 3 is 2.73 bits per heavy atom. The molecule has 0 aromatic rings. The van der Waals surface area contributed by atoms with E-state index in [0.29, 0.717) is 6.42 Å². The first-order valence-corrected chi connectivity index (χ1v) is 5.17.